The fraction of sp³-hybridized carbons (Fsp3) is 0.647. The normalized spacial score (nSPS) is 22.2. The molecule has 0 unspecified atom stereocenters. The molecule has 2 rings (SSSR count). The number of nitrogens with one attached hydrogen (secondary N) is 1. The van der Waals surface area contributed by atoms with Crippen molar-refractivity contribution in [1.82, 2.24) is 0 Å². The first-order chi connectivity index (χ1) is 8.80. The Morgan fingerprint density at radius 1 is 1.00 bits per heavy atom. The van der Waals surface area contributed by atoms with Crippen molar-refractivity contribution < 1.29 is 0 Å². The molecular formula is C17H27NS. The Kier molecular flexibility index (Phi) is 4.20. The molecular weight excluding hydrogens is 250 g/mol. The summed E-state index contributed by atoms with van der Waals surface area (Å²) < 4.78 is 0. The zero-order valence-corrected chi connectivity index (χ0v) is 13.7. The summed E-state index contributed by atoms with van der Waals surface area (Å²) in [5, 5.41) is 3.73. The lowest BCUT2D eigenvalue weighted by Crippen LogP contribution is -2.40. The molecule has 1 N–H and O–H groups in total. The van der Waals surface area contributed by atoms with Crippen LogP contribution < -0.4 is 5.32 Å². The van der Waals surface area contributed by atoms with Crippen molar-refractivity contribution >= 4 is 17.4 Å². The van der Waals surface area contributed by atoms with Gasteiger partial charge in [-0.25, -0.2) is 0 Å². The molecule has 0 atom stereocenters. The van der Waals surface area contributed by atoms with Crippen LogP contribution in [0.1, 0.15) is 47.0 Å². The van der Waals surface area contributed by atoms with Crippen LogP contribution in [0.5, 0.6) is 0 Å². The predicted octanol–water partition coefficient (Wildman–Crippen LogP) is 5.43. The summed E-state index contributed by atoms with van der Waals surface area (Å²) >= 11 is 1.80. The van der Waals surface area contributed by atoms with Crippen molar-refractivity contribution in [2.75, 3.05) is 11.6 Å². The minimum absolute atomic E-state index is 0.443. The van der Waals surface area contributed by atoms with Crippen LogP contribution >= 0.6 is 11.8 Å². The molecule has 1 saturated carbocycles. The van der Waals surface area contributed by atoms with E-state index < -0.39 is 0 Å². The van der Waals surface area contributed by atoms with E-state index in [4.69, 9.17) is 0 Å². The quantitative estimate of drug-likeness (QED) is 0.740. The van der Waals surface area contributed by atoms with E-state index >= 15 is 0 Å². The number of thioether (sulfide) groups is 1. The minimum atomic E-state index is 0.443. The second-order valence-corrected chi connectivity index (χ2v) is 8.36. The van der Waals surface area contributed by atoms with Gasteiger partial charge < -0.3 is 5.32 Å². The number of hydrogen-bond acceptors (Lipinski definition) is 2. The van der Waals surface area contributed by atoms with Gasteiger partial charge in [-0.3, -0.25) is 0 Å². The van der Waals surface area contributed by atoms with Crippen molar-refractivity contribution in [3.63, 3.8) is 0 Å². The Morgan fingerprint density at radius 3 is 2.00 bits per heavy atom. The average Bonchev–Trinajstić information content (AvgIpc) is 2.25. The van der Waals surface area contributed by atoms with Gasteiger partial charge in [0, 0.05) is 16.6 Å². The Balaban J connectivity index is 2.05. The monoisotopic (exact) mass is 277 g/mol. The Morgan fingerprint density at radius 2 is 1.53 bits per heavy atom. The molecule has 1 aromatic rings. The third-order valence-corrected chi connectivity index (χ3v) is 4.76. The first-order valence-corrected chi connectivity index (χ1v) is 8.43. The smallest absolute Gasteiger partial charge is 0.0343 e. The SMILES string of the molecule is CSc1ccc(NC2CC(C)(C)CC(C)(C)C2)cc1. The summed E-state index contributed by atoms with van der Waals surface area (Å²) in [7, 11) is 0. The Labute approximate surface area is 122 Å². The summed E-state index contributed by atoms with van der Waals surface area (Å²) in [6.07, 6.45) is 5.97. The second-order valence-electron chi connectivity index (χ2n) is 7.48. The molecule has 0 heterocycles. The molecule has 1 aromatic carbocycles. The van der Waals surface area contributed by atoms with E-state index in [1.54, 1.807) is 11.8 Å². The highest BCUT2D eigenvalue weighted by Gasteiger charge is 2.38. The second kappa shape index (κ2) is 5.40. The topological polar surface area (TPSA) is 12.0 Å². The van der Waals surface area contributed by atoms with Crippen LogP contribution in [0.3, 0.4) is 0 Å². The van der Waals surface area contributed by atoms with Crippen LogP contribution in [-0.2, 0) is 0 Å². The predicted molar refractivity (Wildman–Crippen MR) is 87.0 cm³/mol. The summed E-state index contributed by atoms with van der Waals surface area (Å²) in [5.74, 6) is 0. The van der Waals surface area contributed by atoms with Crippen LogP contribution in [0.2, 0.25) is 0 Å². The molecule has 1 fully saturated rings. The number of rotatable bonds is 3. The highest BCUT2D eigenvalue weighted by Crippen LogP contribution is 2.46. The first-order valence-electron chi connectivity index (χ1n) is 7.20. The summed E-state index contributed by atoms with van der Waals surface area (Å²) in [4.78, 5) is 1.33. The fourth-order valence-electron chi connectivity index (χ4n) is 3.87. The third kappa shape index (κ3) is 4.17. The summed E-state index contributed by atoms with van der Waals surface area (Å²) in [6.45, 7) is 9.61. The first kappa shape index (κ1) is 14.8. The molecule has 0 radical (unpaired) electrons. The van der Waals surface area contributed by atoms with Gasteiger partial charge in [-0.2, -0.15) is 0 Å². The van der Waals surface area contributed by atoms with Crippen molar-refractivity contribution in [1.29, 1.82) is 0 Å². The molecule has 1 nitrogen and oxygen atoms in total. The average molecular weight is 277 g/mol. The maximum Gasteiger partial charge on any atom is 0.0343 e. The molecule has 106 valence electrons. The van der Waals surface area contributed by atoms with E-state index in [9.17, 15) is 0 Å². The van der Waals surface area contributed by atoms with E-state index in [-0.39, 0.29) is 0 Å². The van der Waals surface area contributed by atoms with Crippen LogP contribution in [0.15, 0.2) is 29.2 Å². The number of anilines is 1. The molecule has 1 aliphatic carbocycles. The lowest BCUT2D eigenvalue weighted by molar-refractivity contribution is 0.105. The molecule has 19 heavy (non-hydrogen) atoms. The summed E-state index contributed by atoms with van der Waals surface area (Å²) in [6, 6.07) is 9.41. The molecule has 0 bridgehead atoms. The van der Waals surface area contributed by atoms with Gasteiger partial charge in [0.25, 0.3) is 0 Å². The standard InChI is InChI=1S/C17H27NS/c1-16(2)10-14(11-17(3,4)12-16)18-13-6-8-15(19-5)9-7-13/h6-9,14,18H,10-12H2,1-5H3. The maximum absolute atomic E-state index is 3.73. The van der Waals surface area contributed by atoms with Gasteiger partial charge in [0.1, 0.15) is 0 Å². The highest BCUT2D eigenvalue weighted by molar-refractivity contribution is 7.98. The lowest BCUT2D eigenvalue weighted by atomic mass is 9.63. The van der Waals surface area contributed by atoms with Gasteiger partial charge in [0.15, 0.2) is 0 Å². The number of hydrogen-bond donors (Lipinski definition) is 1. The Bertz CT molecular complexity index is 403. The third-order valence-electron chi connectivity index (χ3n) is 4.02. The molecule has 0 amide bonds. The van der Waals surface area contributed by atoms with Crippen molar-refractivity contribution in [3.05, 3.63) is 24.3 Å². The van der Waals surface area contributed by atoms with Crippen LogP contribution in [-0.4, -0.2) is 12.3 Å². The van der Waals surface area contributed by atoms with Crippen molar-refractivity contribution in [3.8, 4) is 0 Å². The molecule has 1 aliphatic rings. The zero-order chi connectivity index (χ0) is 14.1. The van der Waals surface area contributed by atoms with E-state index in [0.29, 0.717) is 16.9 Å². The van der Waals surface area contributed by atoms with Gasteiger partial charge in [-0.1, -0.05) is 27.7 Å². The molecule has 0 saturated heterocycles. The Hall–Kier alpha value is -0.630. The van der Waals surface area contributed by atoms with Crippen molar-refractivity contribution in [2.24, 2.45) is 10.8 Å². The maximum atomic E-state index is 3.73. The number of benzene rings is 1. The van der Waals surface area contributed by atoms with E-state index in [1.807, 2.05) is 0 Å². The molecule has 0 spiro atoms. The highest BCUT2D eigenvalue weighted by atomic mass is 32.2. The molecule has 2 heteroatoms. The van der Waals surface area contributed by atoms with E-state index in [1.165, 1.54) is 29.8 Å². The zero-order valence-electron chi connectivity index (χ0n) is 12.9. The van der Waals surface area contributed by atoms with Gasteiger partial charge in [-0.05, 0) is 60.6 Å². The van der Waals surface area contributed by atoms with Crippen molar-refractivity contribution in [2.45, 2.75) is 57.9 Å². The molecule has 0 aliphatic heterocycles. The molecule has 0 aromatic heterocycles. The summed E-state index contributed by atoms with van der Waals surface area (Å²) in [5.41, 5.74) is 2.15. The lowest BCUT2D eigenvalue weighted by Gasteiger charge is -2.45. The van der Waals surface area contributed by atoms with Crippen LogP contribution in [0.25, 0.3) is 0 Å². The van der Waals surface area contributed by atoms with Gasteiger partial charge in [0.05, 0.1) is 0 Å². The largest absolute Gasteiger partial charge is 0.382 e. The van der Waals surface area contributed by atoms with Crippen LogP contribution in [0.4, 0.5) is 5.69 Å². The minimum Gasteiger partial charge on any atom is -0.382 e. The van der Waals surface area contributed by atoms with Gasteiger partial charge >= 0.3 is 0 Å². The fourth-order valence-corrected chi connectivity index (χ4v) is 4.28. The van der Waals surface area contributed by atoms with Crippen LogP contribution in [0, 0.1) is 10.8 Å². The van der Waals surface area contributed by atoms with E-state index in [0.717, 1.165) is 0 Å². The van der Waals surface area contributed by atoms with E-state index in [2.05, 4.69) is 63.5 Å². The van der Waals surface area contributed by atoms with Gasteiger partial charge in [0.2, 0.25) is 0 Å². The van der Waals surface area contributed by atoms with Gasteiger partial charge in [-0.15, -0.1) is 11.8 Å².